The fourth-order valence-electron chi connectivity index (χ4n) is 3.49. The number of hydrogen-bond donors (Lipinski definition) is 4. The summed E-state index contributed by atoms with van der Waals surface area (Å²) in [6, 6.07) is 5.31. The van der Waals surface area contributed by atoms with E-state index in [-0.39, 0.29) is 11.9 Å². The SMILES string of the molecule is CCCCCC(=O)NC(Nc1nc(Nc2cc(OC)c(OC)c(OC)c2)c2cc[nH]c2n1)C(Cl)(Cl)Cl. The van der Waals surface area contributed by atoms with Gasteiger partial charge in [0.25, 0.3) is 0 Å². The number of amides is 1. The van der Waals surface area contributed by atoms with Gasteiger partial charge < -0.3 is 35.1 Å². The monoisotopic (exact) mass is 558 g/mol. The molecule has 0 spiro atoms. The predicted molar refractivity (Wildman–Crippen MR) is 143 cm³/mol. The molecule has 0 fully saturated rings. The van der Waals surface area contributed by atoms with Gasteiger partial charge in [0, 0.05) is 30.4 Å². The number of aromatic nitrogens is 3. The van der Waals surface area contributed by atoms with E-state index < -0.39 is 9.96 Å². The molecule has 0 saturated heterocycles. The van der Waals surface area contributed by atoms with E-state index >= 15 is 0 Å². The molecule has 1 amide bonds. The Bertz CT molecular complexity index is 1160. The molecule has 1 aromatic carbocycles. The second kappa shape index (κ2) is 12.4. The van der Waals surface area contributed by atoms with Gasteiger partial charge in [0.15, 0.2) is 11.5 Å². The number of carbonyl (C=O) groups excluding carboxylic acids is 1. The Labute approximate surface area is 224 Å². The summed E-state index contributed by atoms with van der Waals surface area (Å²) in [5, 5.41) is 9.61. The van der Waals surface area contributed by atoms with Crippen LogP contribution in [0, 0.1) is 0 Å². The van der Waals surface area contributed by atoms with Crippen molar-refractivity contribution < 1.29 is 19.0 Å². The number of halogens is 3. The van der Waals surface area contributed by atoms with Crippen LogP contribution in [-0.4, -0.2) is 52.1 Å². The molecule has 0 aliphatic heterocycles. The lowest BCUT2D eigenvalue weighted by Crippen LogP contribution is -2.49. The summed E-state index contributed by atoms with van der Waals surface area (Å²) in [6.07, 6.45) is 3.64. The third-order valence-corrected chi connectivity index (χ3v) is 5.91. The highest BCUT2D eigenvalue weighted by atomic mass is 35.6. The van der Waals surface area contributed by atoms with E-state index in [2.05, 4.69) is 37.8 Å². The minimum absolute atomic E-state index is 0.130. The van der Waals surface area contributed by atoms with Crippen molar-refractivity contribution in [1.29, 1.82) is 0 Å². The van der Waals surface area contributed by atoms with Crippen LogP contribution in [0.4, 0.5) is 17.5 Å². The van der Waals surface area contributed by atoms with E-state index in [0.29, 0.717) is 46.2 Å². The van der Waals surface area contributed by atoms with Crippen molar-refractivity contribution in [1.82, 2.24) is 20.3 Å². The lowest BCUT2D eigenvalue weighted by atomic mass is 10.2. The van der Waals surface area contributed by atoms with Gasteiger partial charge in [-0.15, -0.1) is 0 Å². The van der Waals surface area contributed by atoms with Crippen LogP contribution in [-0.2, 0) is 4.79 Å². The standard InChI is InChI=1S/C23H29Cl3N6O4/c1-5-6-7-8-17(33)29-21(23(24,25)26)32-22-30-19-14(9-10-27-19)20(31-22)28-13-11-15(34-2)18(36-4)16(12-13)35-3/h9-12,21H,5-8H2,1-4H3,(H,29,33)(H3,27,28,30,31,32). The van der Waals surface area contributed by atoms with E-state index in [0.717, 1.165) is 19.3 Å². The van der Waals surface area contributed by atoms with E-state index in [9.17, 15) is 4.79 Å². The number of hydrogen-bond acceptors (Lipinski definition) is 8. The molecule has 4 N–H and O–H groups in total. The van der Waals surface area contributed by atoms with Gasteiger partial charge in [-0.2, -0.15) is 9.97 Å². The number of methoxy groups -OCH3 is 3. The van der Waals surface area contributed by atoms with Crippen molar-refractivity contribution in [3.8, 4) is 17.2 Å². The molecular weight excluding hydrogens is 531 g/mol. The van der Waals surface area contributed by atoms with Gasteiger partial charge in [0.05, 0.1) is 26.7 Å². The second-order valence-corrected chi connectivity index (χ2v) is 10.2. The summed E-state index contributed by atoms with van der Waals surface area (Å²) in [6.45, 7) is 2.06. The van der Waals surface area contributed by atoms with E-state index in [1.54, 1.807) is 18.3 Å². The third kappa shape index (κ3) is 6.89. The Kier molecular flexibility index (Phi) is 9.58. The number of H-pyrrole nitrogens is 1. The van der Waals surface area contributed by atoms with Gasteiger partial charge >= 0.3 is 0 Å². The van der Waals surface area contributed by atoms with Crippen molar-refractivity contribution in [2.45, 2.75) is 42.6 Å². The Balaban J connectivity index is 1.91. The number of anilines is 3. The van der Waals surface area contributed by atoms with Gasteiger partial charge in [-0.25, -0.2) is 0 Å². The summed E-state index contributed by atoms with van der Waals surface area (Å²) in [7, 11) is 4.60. The Morgan fingerprint density at radius 1 is 1.08 bits per heavy atom. The molecule has 3 aromatic rings. The molecule has 0 saturated carbocycles. The summed E-state index contributed by atoms with van der Waals surface area (Å²) in [5.41, 5.74) is 1.15. The molecule has 1 unspecified atom stereocenters. The molecule has 2 heterocycles. The van der Waals surface area contributed by atoms with Crippen LogP contribution < -0.4 is 30.2 Å². The molecule has 0 bridgehead atoms. The first-order valence-electron chi connectivity index (χ1n) is 11.2. The van der Waals surface area contributed by atoms with Gasteiger partial charge in [-0.05, 0) is 12.5 Å². The zero-order chi connectivity index (χ0) is 26.3. The summed E-state index contributed by atoms with van der Waals surface area (Å²) >= 11 is 18.5. The lowest BCUT2D eigenvalue weighted by Gasteiger charge is -2.26. The number of fused-ring (bicyclic) bond motifs is 1. The van der Waals surface area contributed by atoms with Crippen LogP contribution >= 0.6 is 34.8 Å². The minimum Gasteiger partial charge on any atom is -0.493 e. The highest BCUT2D eigenvalue weighted by molar-refractivity contribution is 6.68. The van der Waals surface area contributed by atoms with Gasteiger partial charge in [0.1, 0.15) is 17.6 Å². The smallest absolute Gasteiger partial charge is 0.228 e. The number of carbonyl (C=O) groups is 1. The maximum atomic E-state index is 12.4. The van der Waals surface area contributed by atoms with Crippen molar-refractivity contribution in [2.75, 3.05) is 32.0 Å². The van der Waals surface area contributed by atoms with Crippen LogP contribution in [0.1, 0.15) is 32.6 Å². The van der Waals surface area contributed by atoms with Crippen molar-refractivity contribution in [3.63, 3.8) is 0 Å². The van der Waals surface area contributed by atoms with Crippen molar-refractivity contribution in [3.05, 3.63) is 24.4 Å². The molecule has 36 heavy (non-hydrogen) atoms. The Morgan fingerprint density at radius 3 is 2.36 bits per heavy atom. The van der Waals surface area contributed by atoms with Crippen LogP contribution in [0.25, 0.3) is 11.0 Å². The quantitative estimate of drug-likeness (QED) is 0.130. The highest BCUT2D eigenvalue weighted by Crippen LogP contribution is 2.41. The number of aromatic amines is 1. The second-order valence-electron chi connectivity index (χ2n) is 7.82. The maximum absolute atomic E-state index is 12.4. The number of alkyl halides is 3. The molecular formula is C23H29Cl3N6O4. The topological polar surface area (TPSA) is 122 Å². The van der Waals surface area contributed by atoms with Gasteiger partial charge in [0.2, 0.25) is 21.4 Å². The molecule has 3 rings (SSSR count). The number of ether oxygens (including phenoxy) is 3. The molecule has 13 heteroatoms. The maximum Gasteiger partial charge on any atom is 0.228 e. The average molecular weight is 560 g/mol. The molecule has 196 valence electrons. The van der Waals surface area contributed by atoms with Crippen LogP contribution in [0.2, 0.25) is 0 Å². The molecule has 1 atom stereocenters. The Hall–Kier alpha value is -2.82. The summed E-state index contributed by atoms with van der Waals surface area (Å²) in [5.74, 6) is 1.74. The number of benzene rings is 1. The zero-order valence-electron chi connectivity index (χ0n) is 20.4. The number of rotatable bonds is 12. The van der Waals surface area contributed by atoms with E-state index in [1.807, 2.05) is 6.07 Å². The van der Waals surface area contributed by atoms with E-state index in [4.69, 9.17) is 49.0 Å². The molecule has 0 aliphatic carbocycles. The molecule has 2 aromatic heterocycles. The molecule has 0 aliphatic rings. The first-order chi connectivity index (χ1) is 17.2. The van der Waals surface area contributed by atoms with Crippen molar-refractivity contribution >= 4 is 69.2 Å². The largest absolute Gasteiger partial charge is 0.493 e. The van der Waals surface area contributed by atoms with Crippen LogP contribution in [0.3, 0.4) is 0 Å². The third-order valence-electron chi connectivity index (χ3n) is 5.26. The summed E-state index contributed by atoms with van der Waals surface area (Å²) < 4.78 is 14.4. The van der Waals surface area contributed by atoms with E-state index in [1.165, 1.54) is 21.3 Å². The lowest BCUT2D eigenvalue weighted by molar-refractivity contribution is -0.121. The van der Waals surface area contributed by atoms with Gasteiger partial charge in [-0.1, -0.05) is 54.6 Å². The number of nitrogens with one attached hydrogen (secondary N) is 4. The van der Waals surface area contributed by atoms with Crippen molar-refractivity contribution in [2.24, 2.45) is 0 Å². The van der Waals surface area contributed by atoms with Gasteiger partial charge in [-0.3, -0.25) is 4.79 Å². The molecule has 10 nitrogen and oxygen atoms in total. The average Bonchev–Trinajstić information content (AvgIpc) is 3.31. The summed E-state index contributed by atoms with van der Waals surface area (Å²) in [4.78, 5) is 24.5. The number of unbranched alkanes of at least 4 members (excludes halogenated alkanes) is 2. The van der Waals surface area contributed by atoms with Crippen LogP contribution in [0.5, 0.6) is 17.2 Å². The number of nitrogens with zero attached hydrogens (tertiary/aromatic N) is 2. The molecule has 0 radical (unpaired) electrons. The predicted octanol–water partition coefficient (Wildman–Crippen LogP) is 5.53. The minimum atomic E-state index is -1.86. The first kappa shape index (κ1) is 27.8. The van der Waals surface area contributed by atoms with Crippen LogP contribution in [0.15, 0.2) is 24.4 Å². The fourth-order valence-corrected chi connectivity index (χ4v) is 3.82. The zero-order valence-corrected chi connectivity index (χ0v) is 22.6. The highest BCUT2D eigenvalue weighted by Gasteiger charge is 2.34. The fraction of sp³-hybridized carbons (Fsp3) is 0.435. The first-order valence-corrected chi connectivity index (χ1v) is 12.4. The normalized spacial score (nSPS) is 12.2. The Morgan fingerprint density at radius 2 is 1.78 bits per heavy atom.